The van der Waals surface area contributed by atoms with Gasteiger partial charge >= 0.3 is 17.6 Å². The Morgan fingerprint density at radius 2 is 1.60 bits per heavy atom. The van der Waals surface area contributed by atoms with Crippen molar-refractivity contribution in [3.05, 3.63) is 27.2 Å². The molecule has 0 aliphatic heterocycles. The van der Waals surface area contributed by atoms with Crippen molar-refractivity contribution < 1.29 is 19.1 Å². The van der Waals surface area contributed by atoms with Crippen LogP contribution in [-0.4, -0.2) is 43.8 Å². The summed E-state index contributed by atoms with van der Waals surface area (Å²) in [6.45, 7) is 4.55. The summed E-state index contributed by atoms with van der Waals surface area (Å²) >= 11 is 0. The molecular weight excluding hydrogens is 332 g/mol. The number of aromatic nitrogens is 4. The Balaban J connectivity index is 2.88. The number of aryl methyl sites for hydroxylation is 1. The lowest BCUT2D eigenvalue weighted by atomic mass is 10.0. The quantitative estimate of drug-likeness (QED) is 0.515. The zero-order chi connectivity index (χ0) is 18.9. The summed E-state index contributed by atoms with van der Waals surface area (Å²) in [5.74, 6) is -1.77. The highest BCUT2D eigenvalue weighted by molar-refractivity contribution is 6.03. The van der Waals surface area contributed by atoms with Crippen molar-refractivity contribution in [1.29, 1.82) is 0 Å². The van der Waals surface area contributed by atoms with Gasteiger partial charge in [0.25, 0.3) is 5.56 Å². The van der Waals surface area contributed by atoms with Crippen LogP contribution in [0.15, 0.2) is 15.9 Å². The number of ether oxygens (including phenoxy) is 2. The summed E-state index contributed by atoms with van der Waals surface area (Å²) in [6.07, 6.45) is 1.15. The molecule has 2 aromatic heterocycles. The maximum atomic E-state index is 12.6. The molecule has 0 aromatic carbocycles. The predicted octanol–water partition coefficient (Wildman–Crippen LogP) is -0.725. The lowest BCUT2D eigenvalue weighted by molar-refractivity contribution is -0.168. The highest BCUT2D eigenvalue weighted by Crippen LogP contribution is 2.24. The molecule has 10 heteroatoms. The SMILES string of the molecule is CCOC(=O)C(C)(C(=O)OCC)n1cnc2c1c(=O)n(C)c(=O)n2C. The molecule has 10 nitrogen and oxygen atoms in total. The fourth-order valence-corrected chi connectivity index (χ4v) is 2.51. The summed E-state index contributed by atoms with van der Waals surface area (Å²) < 4.78 is 13.1. The van der Waals surface area contributed by atoms with Crippen molar-refractivity contribution in [2.45, 2.75) is 26.3 Å². The summed E-state index contributed by atoms with van der Waals surface area (Å²) in [7, 11) is 2.74. The van der Waals surface area contributed by atoms with Crippen molar-refractivity contribution in [3.63, 3.8) is 0 Å². The number of esters is 2. The molecule has 0 unspecified atom stereocenters. The van der Waals surface area contributed by atoms with Gasteiger partial charge in [-0.3, -0.25) is 18.5 Å². The highest BCUT2D eigenvalue weighted by atomic mass is 16.6. The molecule has 0 saturated heterocycles. The fourth-order valence-electron chi connectivity index (χ4n) is 2.51. The molecule has 0 radical (unpaired) electrons. The first kappa shape index (κ1) is 18.4. The van der Waals surface area contributed by atoms with Gasteiger partial charge in [0.2, 0.25) is 5.54 Å². The second kappa shape index (κ2) is 6.54. The van der Waals surface area contributed by atoms with Gasteiger partial charge in [-0.1, -0.05) is 0 Å². The number of rotatable bonds is 5. The third-order valence-corrected chi connectivity index (χ3v) is 3.97. The maximum Gasteiger partial charge on any atom is 0.343 e. The fraction of sp³-hybridized carbons (Fsp3) is 0.533. The molecule has 25 heavy (non-hydrogen) atoms. The van der Waals surface area contributed by atoms with Gasteiger partial charge in [-0.15, -0.1) is 0 Å². The van der Waals surface area contributed by atoms with E-state index < -0.39 is 28.7 Å². The molecule has 0 amide bonds. The number of carbonyl (C=O) groups excluding carboxylic acids is 2. The largest absolute Gasteiger partial charge is 0.464 e. The van der Waals surface area contributed by atoms with Crippen molar-refractivity contribution in [3.8, 4) is 0 Å². The van der Waals surface area contributed by atoms with Gasteiger partial charge in [-0.25, -0.2) is 19.4 Å². The summed E-state index contributed by atoms with van der Waals surface area (Å²) in [5.41, 5.74) is -3.24. The average molecular weight is 352 g/mol. The predicted molar refractivity (Wildman–Crippen MR) is 87.1 cm³/mol. The van der Waals surface area contributed by atoms with Crippen LogP contribution < -0.4 is 11.2 Å². The summed E-state index contributed by atoms with van der Waals surface area (Å²) in [5, 5.41) is 0. The zero-order valence-corrected chi connectivity index (χ0v) is 14.7. The number of imidazole rings is 1. The normalized spacial score (nSPS) is 11.6. The highest BCUT2D eigenvalue weighted by Gasteiger charge is 2.48. The monoisotopic (exact) mass is 352 g/mol. The maximum absolute atomic E-state index is 12.6. The first-order valence-corrected chi connectivity index (χ1v) is 7.69. The van der Waals surface area contributed by atoms with E-state index in [0.717, 1.165) is 20.0 Å². The molecule has 0 aliphatic carbocycles. The second-order valence-corrected chi connectivity index (χ2v) is 5.51. The van der Waals surface area contributed by atoms with Crippen molar-refractivity contribution in [1.82, 2.24) is 18.7 Å². The van der Waals surface area contributed by atoms with Crippen LogP contribution in [0.25, 0.3) is 11.2 Å². The molecule has 2 heterocycles. The molecule has 136 valence electrons. The molecule has 0 N–H and O–H groups in total. The minimum absolute atomic E-state index is 0.0386. The minimum atomic E-state index is -1.95. The van der Waals surface area contributed by atoms with Gasteiger partial charge in [-0.2, -0.15) is 0 Å². The zero-order valence-electron chi connectivity index (χ0n) is 14.7. The van der Waals surface area contributed by atoms with Crippen LogP contribution in [-0.2, 0) is 38.7 Å². The van der Waals surface area contributed by atoms with Crippen LogP contribution >= 0.6 is 0 Å². The standard InChI is InChI=1S/C15H20N4O6/c1-6-24-12(21)15(3,13(22)25-7-2)19-8-16-10-9(19)11(20)18(5)14(23)17(10)4/h8H,6-7H2,1-5H3. The first-order valence-electron chi connectivity index (χ1n) is 7.69. The lowest BCUT2D eigenvalue weighted by Crippen LogP contribution is -2.49. The van der Waals surface area contributed by atoms with E-state index in [0.29, 0.717) is 0 Å². The van der Waals surface area contributed by atoms with Gasteiger partial charge in [0.1, 0.15) is 0 Å². The summed E-state index contributed by atoms with van der Waals surface area (Å²) in [4.78, 5) is 53.7. The van der Waals surface area contributed by atoms with Gasteiger partial charge < -0.3 is 9.47 Å². The first-order chi connectivity index (χ1) is 11.7. The Labute approximate surface area is 142 Å². The Morgan fingerprint density at radius 3 is 2.08 bits per heavy atom. The van der Waals surface area contributed by atoms with Crippen LogP contribution in [0, 0.1) is 0 Å². The van der Waals surface area contributed by atoms with E-state index in [1.807, 2.05) is 0 Å². The smallest absolute Gasteiger partial charge is 0.343 e. The Hall–Kier alpha value is -2.91. The second-order valence-electron chi connectivity index (χ2n) is 5.51. The molecule has 0 atom stereocenters. The van der Waals surface area contributed by atoms with Gasteiger partial charge in [0.15, 0.2) is 11.2 Å². The molecule has 0 saturated carbocycles. The topological polar surface area (TPSA) is 114 Å². The van der Waals surface area contributed by atoms with E-state index in [2.05, 4.69) is 4.98 Å². The average Bonchev–Trinajstić information content (AvgIpc) is 3.03. The van der Waals surface area contributed by atoms with Crippen molar-refractivity contribution in [2.24, 2.45) is 14.1 Å². The number of fused-ring (bicyclic) bond motifs is 1. The van der Waals surface area contributed by atoms with E-state index in [1.165, 1.54) is 21.0 Å². The van der Waals surface area contributed by atoms with E-state index in [-0.39, 0.29) is 24.4 Å². The molecule has 0 fully saturated rings. The Kier molecular flexibility index (Phi) is 4.82. The van der Waals surface area contributed by atoms with Gasteiger partial charge in [-0.05, 0) is 20.8 Å². The molecule has 2 rings (SSSR count). The number of nitrogens with zero attached hydrogens (tertiary/aromatic N) is 4. The van der Waals surface area contributed by atoms with Crippen LogP contribution in [0.3, 0.4) is 0 Å². The molecular formula is C15H20N4O6. The van der Waals surface area contributed by atoms with Crippen molar-refractivity contribution >= 4 is 23.1 Å². The number of hydrogen-bond donors (Lipinski definition) is 0. The Bertz CT molecular complexity index is 933. The van der Waals surface area contributed by atoms with E-state index >= 15 is 0 Å². The Morgan fingerprint density at radius 1 is 1.08 bits per heavy atom. The van der Waals surface area contributed by atoms with Gasteiger partial charge in [0, 0.05) is 14.1 Å². The molecule has 0 aliphatic rings. The lowest BCUT2D eigenvalue weighted by Gasteiger charge is -2.26. The minimum Gasteiger partial charge on any atom is -0.464 e. The van der Waals surface area contributed by atoms with Crippen LogP contribution in [0.2, 0.25) is 0 Å². The molecule has 0 bridgehead atoms. The summed E-state index contributed by atoms with van der Waals surface area (Å²) in [6, 6.07) is 0. The van der Waals surface area contributed by atoms with E-state index in [9.17, 15) is 19.2 Å². The third-order valence-electron chi connectivity index (χ3n) is 3.97. The van der Waals surface area contributed by atoms with Gasteiger partial charge in [0.05, 0.1) is 19.5 Å². The number of hydrogen-bond acceptors (Lipinski definition) is 7. The molecule has 2 aromatic rings. The van der Waals surface area contributed by atoms with Crippen LogP contribution in [0.5, 0.6) is 0 Å². The van der Waals surface area contributed by atoms with Crippen LogP contribution in [0.4, 0.5) is 0 Å². The number of carbonyl (C=O) groups is 2. The third kappa shape index (κ3) is 2.63. The van der Waals surface area contributed by atoms with Crippen molar-refractivity contribution in [2.75, 3.05) is 13.2 Å². The van der Waals surface area contributed by atoms with E-state index in [1.54, 1.807) is 13.8 Å². The van der Waals surface area contributed by atoms with Crippen LogP contribution in [0.1, 0.15) is 20.8 Å². The van der Waals surface area contributed by atoms with E-state index in [4.69, 9.17) is 9.47 Å². The molecule has 0 spiro atoms.